The Morgan fingerprint density at radius 3 is 3.00 bits per heavy atom. The van der Waals surface area contributed by atoms with Gasteiger partial charge in [0.2, 0.25) is 0 Å². The quantitative estimate of drug-likeness (QED) is 0.781. The van der Waals surface area contributed by atoms with Crippen LogP contribution in [0, 0.1) is 0 Å². The lowest BCUT2D eigenvalue weighted by molar-refractivity contribution is -0.0802. The number of nitrogens with zero attached hydrogens (tertiary/aromatic N) is 1. The highest BCUT2D eigenvalue weighted by Gasteiger charge is 2.42. The largest absolute Gasteiger partial charge is 0.389 e. The molecule has 86 valence electrons. The number of aromatic nitrogens is 1. The molecule has 0 radical (unpaired) electrons. The van der Waals surface area contributed by atoms with E-state index >= 15 is 0 Å². The van der Waals surface area contributed by atoms with Crippen molar-refractivity contribution in [2.45, 2.75) is 37.2 Å². The van der Waals surface area contributed by atoms with Gasteiger partial charge in [0.15, 0.2) is 0 Å². The molecule has 2 aliphatic rings. The Morgan fingerprint density at radius 2 is 2.19 bits per heavy atom. The number of ether oxygens (including phenoxy) is 1. The summed E-state index contributed by atoms with van der Waals surface area (Å²) in [5.41, 5.74) is 1.84. The molecule has 1 N–H and O–H groups in total. The fraction of sp³-hybridized carbons (Fsp3) is 0.615. The zero-order valence-electron chi connectivity index (χ0n) is 9.35. The summed E-state index contributed by atoms with van der Waals surface area (Å²) in [5.74, 6) is 0.215. The van der Waals surface area contributed by atoms with Crippen LogP contribution in [0.1, 0.15) is 36.4 Å². The van der Waals surface area contributed by atoms with Gasteiger partial charge in [-0.1, -0.05) is 6.07 Å². The van der Waals surface area contributed by atoms with Crippen LogP contribution in [0.15, 0.2) is 18.3 Å². The minimum Gasteiger partial charge on any atom is -0.389 e. The molecule has 2 heterocycles. The van der Waals surface area contributed by atoms with Gasteiger partial charge in [0, 0.05) is 43.9 Å². The number of rotatable bonds is 1. The fourth-order valence-electron chi connectivity index (χ4n) is 3.01. The van der Waals surface area contributed by atoms with Crippen molar-refractivity contribution >= 4 is 0 Å². The number of hydrogen-bond donors (Lipinski definition) is 1. The molecule has 1 aromatic rings. The molecule has 0 spiro atoms. The lowest BCUT2D eigenvalue weighted by Crippen LogP contribution is -2.41. The average Bonchev–Trinajstić information content (AvgIpc) is 2.74. The summed E-state index contributed by atoms with van der Waals surface area (Å²) in [6, 6.07) is 4.11. The lowest BCUT2D eigenvalue weighted by atomic mass is 9.79. The molecule has 1 aliphatic heterocycles. The second-order valence-electron chi connectivity index (χ2n) is 4.85. The second-order valence-corrected chi connectivity index (χ2v) is 4.85. The Bertz CT molecular complexity index is 385. The van der Waals surface area contributed by atoms with Crippen LogP contribution < -0.4 is 0 Å². The van der Waals surface area contributed by atoms with E-state index in [-0.39, 0.29) is 5.92 Å². The van der Waals surface area contributed by atoms with Crippen LogP contribution in [-0.4, -0.2) is 28.9 Å². The molecule has 0 amide bonds. The van der Waals surface area contributed by atoms with Crippen LogP contribution in [0.25, 0.3) is 0 Å². The minimum absolute atomic E-state index is 0.215. The molecule has 1 saturated heterocycles. The Labute approximate surface area is 95.5 Å². The normalized spacial score (nSPS) is 27.7. The van der Waals surface area contributed by atoms with Crippen LogP contribution in [-0.2, 0) is 11.2 Å². The number of pyridine rings is 1. The monoisotopic (exact) mass is 219 g/mol. The van der Waals surface area contributed by atoms with Gasteiger partial charge in [-0.3, -0.25) is 4.98 Å². The summed E-state index contributed by atoms with van der Waals surface area (Å²) in [6.45, 7) is 1.35. The maximum Gasteiger partial charge on any atom is 0.0775 e. The Hall–Kier alpha value is -0.930. The maximum absolute atomic E-state index is 10.7. The first-order valence-electron chi connectivity index (χ1n) is 6.03. The predicted molar refractivity (Wildman–Crippen MR) is 60.3 cm³/mol. The zero-order valence-corrected chi connectivity index (χ0v) is 9.35. The summed E-state index contributed by atoms with van der Waals surface area (Å²) in [4.78, 5) is 4.46. The molecule has 0 saturated carbocycles. The fourth-order valence-corrected chi connectivity index (χ4v) is 3.01. The minimum atomic E-state index is -0.585. The first-order chi connectivity index (χ1) is 7.80. The molecule has 1 aromatic heterocycles. The third-order valence-electron chi connectivity index (χ3n) is 3.97. The van der Waals surface area contributed by atoms with Gasteiger partial charge >= 0.3 is 0 Å². The van der Waals surface area contributed by atoms with Crippen LogP contribution in [0.3, 0.4) is 0 Å². The molecular formula is C13H17NO2. The third-order valence-corrected chi connectivity index (χ3v) is 3.97. The van der Waals surface area contributed by atoms with E-state index in [1.807, 2.05) is 12.3 Å². The van der Waals surface area contributed by atoms with E-state index in [0.29, 0.717) is 13.2 Å². The summed E-state index contributed by atoms with van der Waals surface area (Å²) in [6.07, 6.45) is 5.40. The van der Waals surface area contributed by atoms with Gasteiger partial charge in [-0.25, -0.2) is 0 Å². The van der Waals surface area contributed by atoms with Crippen molar-refractivity contribution in [3.8, 4) is 0 Å². The average molecular weight is 219 g/mol. The first-order valence-corrected chi connectivity index (χ1v) is 6.03. The predicted octanol–water partition coefficient (Wildman–Crippen LogP) is 1.65. The molecule has 16 heavy (non-hydrogen) atoms. The van der Waals surface area contributed by atoms with Gasteiger partial charge in [0.1, 0.15) is 0 Å². The standard InChI is InChI=1S/C13H17NO2/c15-13(5-8-16-9-6-13)11-4-3-10-2-1-7-14-12(10)11/h1-2,7,11,15H,3-6,8-9H2. The Balaban J connectivity index is 1.91. The topological polar surface area (TPSA) is 42.4 Å². The van der Waals surface area contributed by atoms with Crippen LogP contribution in [0.5, 0.6) is 0 Å². The lowest BCUT2D eigenvalue weighted by Gasteiger charge is -2.37. The molecule has 3 rings (SSSR count). The van der Waals surface area contributed by atoms with E-state index < -0.39 is 5.60 Å². The number of hydrogen-bond acceptors (Lipinski definition) is 3. The molecule has 0 aromatic carbocycles. The number of aliphatic hydroxyl groups is 1. The number of fused-ring (bicyclic) bond motifs is 1. The van der Waals surface area contributed by atoms with Gasteiger partial charge in [-0.15, -0.1) is 0 Å². The number of aryl methyl sites for hydroxylation is 1. The molecular weight excluding hydrogens is 202 g/mol. The van der Waals surface area contributed by atoms with Crippen molar-refractivity contribution in [2.75, 3.05) is 13.2 Å². The van der Waals surface area contributed by atoms with Gasteiger partial charge < -0.3 is 9.84 Å². The van der Waals surface area contributed by atoms with E-state index in [9.17, 15) is 5.11 Å². The highest BCUT2D eigenvalue weighted by atomic mass is 16.5. The van der Waals surface area contributed by atoms with Crippen LogP contribution in [0.2, 0.25) is 0 Å². The maximum atomic E-state index is 10.7. The van der Waals surface area contributed by atoms with Crippen LogP contribution >= 0.6 is 0 Å². The van der Waals surface area contributed by atoms with E-state index in [1.165, 1.54) is 5.56 Å². The SMILES string of the molecule is OC1(C2CCc3cccnc32)CCOCC1. The van der Waals surface area contributed by atoms with Crippen molar-refractivity contribution < 1.29 is 9.84 Å². The summed E-state index contributed by atoms with van der Waals surface area (Å²) in [5, 5.41) is 10.7. The highest BCUT2D eigenvalue weighted by Crippen LogP contribution is 2.43. The Kier molecular flexibility index (Phi) is 2.45. The molecule has 1 fully saturated rings. The molecule has 3 nitrogen and oxygen atoms in total. The van der Waals surface area contributed by atoms with Gasteiger partial charge in [0.05, 0.1) is 5.60 Å². The Morgan fingerprint density at radius 1 is 1.38 bits per heavy atom. The van der Waals surface area contributed by atoms with Crippen molar-refractivity contribution in [3.05, 3.63) is 29.6 Å². The summed E-state index contributed by atoms with van der Waals surface area (Å²) >= 11 is 0. The van der Waals surface area contributed by atoms with Gasteiger partial charge in [-0.2, -0.15) is 0 Å². The van der Waals surface area contributed by atoms with Crippen molar-refractivity contribution in [1.29, 1.82) is 0 Å². The highest BCUT2D eigenvalue weighted by molar-refractivity contribution is 5.31. The molecule has 1 atom stereocenters. The van der Waals surface area contributed by atoms with Crippen molar-refractivity contribution in [1.82, 2.24) is 4.98 Å². The second kappa shape index (κ2) is 3.82. The van der Waals surface area contributed by atoms with E-state index in [4.69, 9.17) is 4.74 Å². The van der Waals surface area contributed by atoms with Crippen LogP contribution in [0.4, 0.5) is 0 Å². The van der Waals surface area contributed by atoms with Crippen molar-refractivity contribution in [2.24, 2.45) is 0 Å². The zero-order chi connectivity index (χ0) is 11.0. The summed E-state index contributed by atoms with van der Waals surface area (Å²) < 4.78 is 5.33. The molecule has 1 unspecified atom stereocenters. The molecule has 0 bridgehead atoms. The van der Waals surface area contributed by atoms with Gasteiger partial charge in [-0.05, 0) is 24.5 Å². The third kappa shape index (κ3) is 1.55. The molecule has 3 heteroatoms. The summed E-state index contributed by atoms with van der Waals surface area (Å²) in [7, 11) is 0. The van der Waals surface area contributed by atoms with Gasteiger partial charge in [0.25, 0.3) is 0 Å². The smallest absolute Gasteiger partial charge is 0.0775 e. The van der Waals surface area contributed by atoms with E-state index in [0.717, 1.165) is 31.4 Å². The molecule has 1 aliphatic carbocycles. The van der Waals surface area contributed by atoms with E-state index in [1.54, 1.807) is 0 Å². The van der Waals surface area contributed by atoms with Crippen molar-refractivity contribution in [3.63, 3.8) is 0 Å². The van der Waals surface area contributed by atoms with E-state index in [2.05, 4.69) is 11.1 Å². The first kappa shape index (κ1) is 10.2.